The molecule has 1 aliphatic carbocycles. The van der Waals surface area contributed by atoms with Crippen molar-refractivity contribution in [3.63, 3.8) is 0 Å². The van der Waals surface area contributed by atoms with Crippen molar-refractivity contribution in [2.75, 3.05) is 5.32 Å². The highest BCUT2D eigenvalue weighted by atomic mass is 19.3. The third-order valence-corrected chi connectivity index (χ3v) is 3.96. The summed E-state index contributed by atoms with van der Waals surface area (Å²) < 4.78 is 27.1. The van der Waals surface area contributed by atoms with Crippen LogP contribution in [0.2, 0.25) is 0 Å². The molecule has 2 aromatic heterocycles. The number of pyridine rings is 2. The number of rotatable bonds is 4. The van der Waals surface area contributed by atoms with E-state index in [1.54, 1.807) is 18.2 Å². The van der Waals surface area contributed by atoms with Crippen LogP contribution in [0.4, 0.5) is 19.3 Å². The SMILES string of the molecule is O=C(O)Nc1ccc(C(=O)C2(c3ccccn3)CC(F)(F)C2)nc1. The lowest BCUT2D eigenvalue weighted by molar-refractivity contribution is -0.114. The minimum atomic E-state index is -2.92. The number of aromatic nitrogens is 2. The molecule has 1 saturated carbocycles. The number of alkyl halides is 2. The molecular weight excluding hydrogens is 320 g/mol. The Balaban J connectivity index is 1.92. The van der Waals surface area contributed by atoms with Gasteiger partial charge in [0, 0.05) is 19.0 Å². The first-order valence-electron chi connectivity index (χ1n) is 7.13. The Morgan fingerprint density at radius 1 is 1.12 bits per heavy atom. The van der Waals surface area contributed by atoms with E-state index in [-0.39, 0.29) is 17.1 Å². The van der Waals surface area contributed by atoms with Crippen molar-refractivity contribution < 1.29 is 23.5 Å². The Labute approximate surface area is 135 Å². The molecule has 1 aliphatic rings. The van der Waals surface area contributed by atoms with Gasteiger partial charge in [0.1, 0.15) is 5.69 Å². The number of amides is 1. The average molecular weight is 333 g/mol. The van der Waals surface area contributed by atoms with Gasteiger partial charge >= 0.3 is 6.09 Å². The Hall–Kier alpha value is -2.90. The molecule has 0 bridgehead atoms. The first-order valence-corrected chi connectivity index (χ1v) is 7.13. The van der Waals surface area contributed by atoms with Crippen LogP contribution in [-0.2, 0) is 5.41 Å². The molecule has 1 amide bonds. The maximum Gasteiger partial charge on any atom is 0.409 e. The lowest BCUT2D eigenvalue weighted by Crippen LogP contribution is -2.55. The van der Waals surface area contributed by atoms with Gasteiger partial charge in [-0.2, -0.15) is 0 Å². The number of hydrogen-bond donors (Lipinski definition) is 2. The van der Waals surface area contributed by atoms with Gasteiger partial charge in [-0.05, 0) is 24.3 Å². The summed E-state index contributed by atoms with van der Waals surface area (Å²) in [5, 5.41) is 10.7. The van der Waals surface area contributed by atoms with Crippen LogP contribution >= 0.6 is 0 Å². The lowest BCUT2D eigenvalue weighted by atomic mass is 9.60. The van der Waals surface area contributed by atoms with Crippen LogP contribution in [-0.4, -0.2) is 32.9 Å². The largest absolute Gasteiger partial charge is 0.465 e. The molecule has 3 rings (SSSR count). The first-order chi connectivity index (χ1) is 11.3. The molecule has 8 heteroatoms. The van der Waals surface area contributed by atoms with E-state index in [4.69, 9.17) is 5.11 Å². The zero-order valence-corrected chi connectivity index (χ0v) is 12.4. The van der Waals surface area contributed by atoms with Crippen molar-refractivity contribution in [1.29, 1.82) is 0 Å². The topological polar surface area (TPSA) is 92.2 Å². The van der Waals surface area contributed by atoms with Crippen molar-refractivity contribution in [3.8, 4) is 0 Å². The number of carboxylic acid groups (broad SMARTS) is 1. The van der Waals surface area contributed by atoms with E-state index in [1.165, 1.54) is 24.5 Å². The molecule has 2 heterocycles. The van der Waals surface area contributed by atoms with Crippen LogP contribution in [0.1, 0.15) is 29.0 Å². The molecule has 124 valence electrons. The fourth-order valence-corrected chi connectivity index (χ4v) is 2.91. The van der Waals surface area contributed by atoms with Gasteiger partial charge in [0.25, 0.3) is 5.92 Å². The number of carbonyl (C=O) groups is 2. The summed E-state index contributed by atoms with van der Waals surface area (Å²) in [6.07, 6.45) is 0.122. The van der Waals surface area contributed by atoms with Gasteiger partial charge in [0.15, 0.2) is 5.78 Å². The van der Waals surface area contributed by atoms with Gasteiger partial charge in [-0.1, -0.05) is 6.07 Å². The molecule has 2 N–H and O–H groups in total. The van der Waals surface area contributed by atoms with Crippen molar-refractivity contribution >= 4 is 17.6 Å². The third-order valence-electron chi connectivity index (χ3n) is 3.96. The molecule has 1 fully saturated rings. The highest BCUT2D eigenvalue weighted by Gasteiger charge is 2.62. The normalized spacial score (nSPS) is 17.6. The second-order valence-corrected chi connectivity index (χ2v) is 5.70. The van der Waals surface area contributed by atoms with Crippen LogP contribution in [0, 0.1) is 0 Å². The van der Waals surface area contributed by atoms with Gasteiger partial charge in [0.05, 0.1) is 23.0 Å². The second kappa shape index (κ2) is 5.63. The highest BCUT2D eigenvalue weighted by molar-refractivity contribution is 6.03. The Morgan fingerprint density at radius 2 is 1.88 bits per heavy atom. The van der Waals surface area contributed by atoms with Gasteiger partial charge in [-0.15, -0.1) is 0 Å². The number of halogens is 2. The van der Waals surface area contributed by atoms with Gasteiger partial charge < -0.3 is 5.11 Å². The molecule has 24 heavy (non-hydrogen) atoms. The molecule has 0 saturated heterocycles. The lowest BCUT2D eigenvalue weighted by Gasteiger charge is -2.45. The summed E-state index contributed by atoms with van der Waals surface area (Å²) in [5.41, 5.74) is -0.938. The molecular formula is C16H13F2N3O3. The predicted octanol–water partition coefficient (Wildman–Crippen LogP) is 3.12. The number of ketones is 1. The number of carbonyl (C=O) groups excluding carboxylic acids is 1. The standard InChI is InChI=1S/C16H13F2N3O3/c17-16(18)8-15(9-16,12-3-1-2-6-19-12)13(22)11-5-4-10(7-20-11)21-14(23)24/h1-7,21H,8-9H2,(H,23,24). The van der Waals surface area contributed by atoms with Crippen molar-refractivity contribution in [2.45, 2.75) is 24.2 Å². The quantitative estimate of drug-likeness (QED) is 0.839. The summed E-state index contributed by atoms with van der Waals surface area (Å²) in [6.45, 7) is 0. The fraction of sp³-hybridized carbons (Fsp3) is 0.250. The average Bonchev–Trinajstić information content (AvgIpc) is 2.52. The predicted molar refractivity (Wildman–Crippen MR) is 80.3 cm³/mol. The molecule has 6 nitrogen and oxygen atoms in total. The highest BCUT2D eigenvalue weighted by Crippen LogP contribution is 2.54. The van der Waals surface area contributed by atoms with Crippen molar-refractivity contribution in [3.05, 3.63) is 54.1 Å². The molecule has 0 radical (unpaired) electrons. The van der Waals surface area contributed by atoms with E-state index in [0.29, 0.717) is 0 Å². The summed E-state index contributed by atoms with van der Waals surface area (Å²) >= 11 is 0. The van der Waals surface area contributed by atoms with Gasteiger partial charge in [-0.25, -0.2) is 13.6 Å². The maximum absolute atomic E-state index is 13.5. The van der Waals surface area contributed by atoms with Crippen molar-refractivity contribution in [1.82, 2.24) is 9.97 Å². The summed E-state index contributed by atoms with van der Waals surface area (Å²) in [5.74, 6) is -3.47. The van der Waals surface area contributed by atoms with Crippen LogP contribution in [0.5, 0.6) is 0 Å². The van der Waals surface area contributed by atoms with Crippen LogP contribution in [0.15, 0.2) is 42.7 Å². The number of Topliss-reactive ketones (excluding diaryl/α,β-unsaturated/α-hetero) is 1. The van der Waals surface area contributed by atoms with Crippen molar-refractivity contribution in [2.24, 2.45) is 0 Å². The Bertz CT molecular complexity index is 771. The summed E-state index contributed by atoms with van der Waals surface area (Å²) in [4.78, 5) is 31.3. The van der Waals surface area contributed by atoms with E-state index in [9.17, 15) is 18.4 Å². The molecule has 2 aromatic rings. The monoisotopic (exact) mass is 333 g/mol. The number of hydrogen-bond acceptors (Lipinski definition) is 4. The molecule has 0 unspecified atom stereocenters. The Morgan fingerprint density at radius 3 is 2.38 bits per heavy atom. The van der Waals surface area contributed by atoms with E-state index in [1.807, 2.05) is 0 Å². The van der Waals surface area contributed by atoms with E-state index in [2.05, 4.69) is 15.3 Å². The summed E-state index contributed by atoms with van der Waals surface area (Å²) in [6, 6.07) is 7.50. The minimum Gasteiger partial charge on any atom is -0.465 e. The second-order valence-electron chi connectivity index (χ2n) is 5.70. The number of nitrogens with zero attached hydrogens (tertiary/aromatic N) is 2. The zero-order chi connectivity index (χ0) is 17.4. The molecule has 0 spiro atoms. The van der Waals surface area contributed by atoms with E-state index in [0.717, 1.165) is 0 Å². The maximum atomic E-state index is 13.5. The number of nitrogens with one attached hydrogen (secondary N) is 1. The van der Waals surface area contributed by atoms with Crippen LogP contribution in [0.3, 0.4) is 0 Å². The van der Waals surface area contributed by atoms with E-state index < -0.39 is 36.1 Å². The summed E-state index contributed by atoms with van der Waals surface area (Å²) in [7, 11) is 0. The minimum absolute atomic E-state index is 0.00732. The fourth-order valence-electron chi connectivity index (χ4n) is 2.91. The zero-order valence-electron chi connectivity index (χ0n) is 12.4. The smallest absolute Gasteiger partial charge is 0.409 e. The van der Waals surface area contributed by atoms with Gasteiger partial charge in [-0.3, -0.25) is 20.1 Å². The molecule has 0 aromatic carbocycles. The molecule has 0 aliphatic heterocycles. The van der Waals surface area contributed by atoms with E-state index >= 15 is 0 Å². The van der Waals surface area contributed by atoms with Gasteiger partial charge in [0.2, 0.25) is 0 Å². The first kappa shape index (κ1) is 16.0. The Kier molecular flexibility index (Phi) is 3.75. The van der Waals surface area contributed by atoms with Crippen LogP contribution < -0.4 is 5.32 Å². The third kappa shape index (κ3) is 2.82. The number of anilines is 1. The molecule has 0 atom stereocenters. The van der Waals surface area contributed by atoms with Crippen LogP contribution in [0.25, 0.3) is 0 Å².